The van der Waals surface area contributed by atoms with Crippen LogP contribution in [-0.4, -0.2) is 15.3 Å². The lowest BCUT2D eigenvalue weighted by Gasteiger charge is -2.11. The van der Waals surface area contributed by atoms with E-state index in [-0.39, 0.29) is 0 Å². The van der Waals surface area contributed by atoms with Crippen LogP contribution in [-0.2, 0) is 6.42 Å². The molecule has 0 fully saturated rings. The van der Waals surface area contributed by atoms with Gasteiger partial charge in [-0.1, -0.05) is 29.3 Å². The number of hydrogen-bond donors (Lipinski definition) is 1. The van der Waals surface area contributed by atoms with Crippen molar-refractivity contribution in [2.45, 2.75) is 12.5 Å². The average Bonchev–Trinajstić information content (AvgIpc) is 2.34. The minimum absolute atomic E-state index is 0.418. The Morgan fingerprint density at radius 3 is 2.65 bits per heavy atom. The molecule has 0 saturated carbocycles. The van der Waals surface area contributed by atoms with E-state index < -0.39 is 6.10 Å². The van der Waals surface area contributed by atoms with Gasteiger partial charge in [-0.25, -0.2) is 0 Å². The first-order valence-corrected chi connectivity index (χ1v) is 5.81. The maximum atomic E-state index is 10.0. The highest BCUT2D eigenvalue weighted by Crippen LogP contribution is 2.25. The zero-order valence-electron chi connectivity index (χ0n) is 8.85. The normalized spacial score (nSPS) is 12.4. The lowest BCUT2D eigenvalue weighted by atomic mass is 10.0. The maximum absolute atomic E-state index is 10.0. The zero-order valence-corrected chi connectivity index (χ0v) is 10.4. The fourth-order valence-corrected chi connectivity index (χ4v) is 2.00. The van der Waals surface area contributed by atoms with E-state index in [1.54, 1.807) is 24.4 Å². The Morgan fingerprint density at radius 2 is 2.00 bits per heavy atom. The molecule has 0 amide bonds. The van der Waals surface area contributed by atoms with Crippen molar-refractivity contribution in [3.05, 3.63) is 57.8 Å². The summed E-state index contributed by atoms with van der Waals surface area (Å²) in [5.74, 6) is 0. The van der Waals surface area contributed by atoms with Crippen molar-refractivity contribution < 1.29 is 5.11 Å². The van der Waals surface area contributed by atoms with Crippen molar-refractivity contribution in [3.8, 4) is 0 Å². The predicted octanol–water partition coefficient (Wildman–Crippen LogP) is 3.06. The lowest BCUT2D eigenvalue weighted by molar-refractivity contribution is 0.178. The third kappa shape index (κ3) is 3.16. The molecule has 0 spiro atoms. The zero-order chi connectivity index (χ0) is 12.3. The van der Waals surface area contributed by atoms with E-state index in [1.165, 1.54) is 6.20 Å². The highest BCUT2D eigenvalue weighted by atomic mass is 35.5. The van der Waals surface area contributed by atoms with Crippen LogP contribution in [0, 0.1) is 0 Å². The average molecular weight is 269 g/mol. The van der Waals surface area contributed by atoms with E-state index in [9.17, 15) is 5.11 Å². The number of halogens is 2. The Morgan fingerprint density at radius 1 is 1.18 bits per heavy atom. The number of benzene rings is 1. The van der Waals surface area contributed by atoms with Crippen molar-refractivity contribution in [2.75, 3.05) is 0 Å². The van der Waals surface area contributed by atoms with Crippen molar-refractivity contribution >= 4 is 23.2 Å². The van der Waals surface area contributed by atoms with Gasteiger partial charge >= 0.3 is 0 Å². The van der Waals surface area contributed by atoms with E-state index in [0.717, 1.165) is 5.56 Å². The quantitative estimate of drug-likeness (QED) is 0.931. The number of aliphatic hydroxyl groups excluding tert-OH is 1. The lowest BCUT2D eigenvalue weighted by Crippen LogP contribution is -2.03. The molecule has 2 aromatic rings. The SMILES string of the molecule is OC(Cc1ccc(Cl)cc1Cl)c1ccnnc1. The predicted molar refractivity (Wildman–Crippen MR) is 67.2 cm³/mol. The smallest absolute Gasteiger partial charge is 0.0846 e. The summed E-state index contributed by atoms with van der Waals surface area (Å²) in [7, 11) is 0. The summed E-state index contributed by atoms with van der Waals surface area (Å²) >= 11 is 11.8. The Bertz CT molecular complexity index is 505. The van der Waals surface area contributed by atoms with Gasteiger partial charge in [0, 0.05) is 28.2 Å². The Hall–Kier alpha value is -1.16. The summed E-state index contributed by atoms with van der Waals surface area (Å²) in [6, 6.07) is 6.94. The number of nitrogens with zero attached hydrogens (tertiary/aromatic N) is 2. The Labute approximate surface area is 109 Å². The molecule has 2 rings (SSSR count). The molecule has 1 heterocycles. The second kappa shape index (κ2) is 5.45. The summed E-state index contributed by atoms with van der Waals surface area (Å²) in [4.78, 5) is 0. The number of aromatic nitrogens is 2. The molecule has 0 bridgehead atoms. The second-order valence-corrected chi connectivity index (χ2v) is 4.48. The van der Waals surface area contributed by atoms with Gasteiger partial charge in [-0.05, 0) is 23.8 Å². The van der Waals surface area contributed by atoms with Crippen LogP contribution in [0.3, 0.4) is 0 Å². The molecular formula is C12H10Cl2N2O. The van der Waals surface area contributed by atoms with Crippen LogP contribution in [0.4, 0.5) is 0 Å². The molecule has 1 aromatic heterocycles. The van der Waals surface area contributed by atoms with Crippen molar-refractivity contribution in [1.29, 1.82) is 0 Å². The number of aliphatic hydroxyl groups is 1. The molecule has 88 valence electrons. The van der Waals surface area contributed by atoms with Gasteiger partial charge in [0.1, 0.15) is 0 Å². The van der Waals surface area contributed by atoms with E-state index in [0.29, 0.717) is 22.0 Å². The van der Waals surface area contributed by atoms with Gasteiger partial charge in [0.05, 0.1) is 12.3 Å². The van der Waals surface area contributed by atoms with Crippen LogP contribution in [0.1, 0.15) is 17.2 Å². The van der Waals surface area contributed by atoms with Crippen LogP contribution in [0.25, 0.3) is 0 Å². The summed E-state index contributed by atoms with van der Waals surface area (Å²) in [6.45, 7) is 0. The van der Waals surface area contributed by atoms with Crippen LogP contribution < -0.4 is 0 Å². The molecule has 3 nitrogen and oxygen atoms in total. The molecule has 17 heavy (non-hydrogen) atoms. The molecule has 0 aliphatic heterocycles. The van der Waals surface area contributed by atoms with Gasteiger partial charge in [-0.2, -0.15) is 10.2 Å². The fraction of sp³-hybridized carbons (Fsp3) is 0.167. The first-order valence-electron chi connectivity index (χ1n) is 5.05. The van der Waals surface area contributed by atoms with E-state index in [2.05, 4.69) is 10.2 Å². The highest BCUT2D eigenvalue weighted by Gasteiger charge is 2.11. The molecular weight excluding hydrogens is 259 g/mol. The Balaban J connectivity index is 2.16. The standard InChI is InChI=1S/C12H10Cl2N2O/c13-10-2-1-8(11(14)6-10)5-12(17)9-3-4-15-16-7-9/h1-4,6-7,12,17H,5H2. The number of rotatable bonds is 3. The molecule has 1 atom stereocenters. The summed E-state index contributed by atoms with van der Waals surface area (Å²) in [6.07, 6.45) is 2.85. The van der Waals surface area contributed by atoms with E-state index in [1.807, 2.05) is 6.07 Å². The van der Waals surface area contributed by atoms with Gasteiger partial charge in [-0.3, -0.25) is 0 Å². The van der Waals surface area contributed by atoms with Crippen molar-refractivity contribution in [3.63, 3.8) is 0 Å². The molecule has 1 N–H and O–H groups in total. The molecule has 0 radical (unpaired) electrons. The third-order valence-corrected chi connectivity index (χ3v) is 3.01. The molecule has 1 unspecified atom stereocenters. The second-order valence-electron chi connectivity index (χ2n) is 3.63. The summed E-state index contributed by atoms with van der Waals surface area (Å²) in [5, 5.41) is 18.5. The first kappa shape index (κ1) is 12.3. The fourth-order valence-electron chi connectivity index (χ4n) is 1.51. The third-order valence-electron chi connectivity index (χ3n) is 2.42. The highest BCUT2D eigenvalue weighted by molar-refractivity contribution is 6.35. The van der Waals surface area contributed by atoms with Crippen LogP contribution in [0.2, 0.25) is 10.0 Å². The Kier molecular flexibility index (Phi) is 3.94. The van der Waals surface area contributed by atoms with Crippen molar-refractivity contribution in [1.82, 2.24) is 10.2 Å². The topological polar surface area (TPSA) is 46.0 Å². The van der Waals surface area contributed by atoms with Crippen molar-refractivity contribution in [2.24, 2.45) is 0 Å². The minimum atomic E-state index is -0.649. The summed E-state index contributed by atoms with van der Waals surface area (Å²) in [5.41, 5.74) is 1.56. The molecule has 5 heteroatoms. The molecule has 0 saturated heterocycles. The number of hydrogen-bond acceptors (Lipinski definition) is 3. The molecule has 0 aliphatic rings. The van der Waals surface area contributed by atoms with Gasteiger partial charge < -0.3 is 5.11 Å². The maximum Gasteiger partial charge on any atom is 0.0846 e. The van der Waals surface area contributed by atoms with Gasteiger partial charge in [-0.15, -0.1) is 0 Å². The van der Waals surface area contributed by atoms with Gasteiger partial charge in [0.2, 0.25) is 0 Å². The van der Waals surface area contributed by atoms with E-state index in [4.69, 9.17) is 23.2 Å². The van der Waals surface area contributed by atoms with Crippen LogP contribution in [0.15, 0.2) is 36.7 Å². The van der Waals surface area contributed by atoms with E-state index >= 15 is 0 Å². The summed E-state index contributed by atoms with van der Waals surface area (Å²) < 4.78 is 0. The minimum Gasteiger partial charge on any atom is -0.388 e. The molecule has 0 aliphatic carbocycles. The first-order chi connectivity index (χ1) is 8.16. The van der Waals surface area contributed by atoms with Gasteiger partial charge in [0.25, 0.3) is 0 Å². The van der Waals surface area contributed by atoms with Crippen LogP contribution in [0.5, 0.6) is 0 Å². The van der Waals surface area contributed by atoms with Gasteiger partial charge in [0.15, 0.2) is 0 Å². The molecule has 1 aromatic carbocycles. The largest absolute Gasteiger partial charge is 0.388 e. The van der Waals surface area contributed by atoms with Crippen LogP contribution >= 0.6 is 23.2 Å². The monoisotopic (exact) mass is 268 g/mol.